The number of hydrogen-bond acceptors (Lipinski definition) is 3. The van der Waals surface area contributed by atoms with Gasteiger partial charge in [0.25, 0.3) is 0 Å². The Kier molecular flexibility index (Phi) is 8.12. The Morgan fingerprint density at radius 1 is 1.22 bits per heavy atom. The molecule has 0 spiro atoms. The van der Waals surface area contributed by atoms with E-state index >= 15 is 0 Å². The number of nitrogens with zero attached hydrogens (tertiary/aromatic N) is 3. The molecule has 23 heavy (non-hydrogen) atoms. The molecule has 2 unspecified atom stereocenters. The van der Waals surface area contributed by atoms with E-state index in [2.05, 4.69) is 32.3 Å². The summed E-state index contributed by atoms with van der Waals surface area (Å²) in [6.07, 6.45) is 9.61. The average molecular weight is 434 g/mol. The van der Waals surface area contributed by atoms with E-state index in [0.29, 0.717) is 6.04 Å². The number of rotatable bonds is 3. The van der Waals surface area contributed by atoms with Gasteiger partial charge in [0.05, 0.1) is 13.2 Å². The lowest BCUT2D eigenvalue weighted by atomic mass is 9.94. The van der Waals surface area contributed by atoms with Gasteiger partial charge in [-0.15, -0.1) is 24.0 Å². The Labute approximate surface area is 157 Å². The van der Waals surface area contributed by atoms with Crippen LogP contribution in [-0.4, -0.2) is 74.8 Å². The van der Waals surface area contributed by atoms with Crippen LogP contribution in [0.25, 0.3) is 0 Å². The summed E-state index contributed by atoms with van der Waals surface area (Å²) in [6, 6.07) is 0.667. The molecule has 5 nitrogen and oxygen atoms in total. The largest absolute Gasteiger partial charge is 0.379 e. The van der Waals surface area contributed by atoms with Gasteiger partial charge in [0, 0.05) is 45.8 Å². The first-order valence-electron chi connectivity index (χ1n) is 8.79. The molecule has 1 N–H and O–H groups in total. The van der Waals surface area contributed by atoms with Crippen LogP contribution in [0.3, 0.4) is 0 Å². The second-order valence-corrected chi connectivity index (χ2v) is 6.62. The number of allylic oxidation sites excluding steroid dienone is 2. The zero-order valence-electron chi connectivity index (χ0n) is 14.2. The van der Waals surface area contributed by atoms with Crippen molar-refractivity contribution in [3.05, 3.63) is 12.2 Å². The van der Waals surface area contributed by atoms with E-state index < -0.39 is 0 Å². The minimum Gasteiger partial charge on any atom is -0.379 e. The highest BCUT2D eigenvalue weighted by atomic mass is 127. The number of guanidine groups is 1. The highest BCUT2D eigenvalue weighted by Crippen LogP contribution is 2.19. The maximum atomic E-state index is 5.46. The van der Waals surface area contributed by atoms with Crippen molar-refractivity contribution >= 4 is 29.9 Å². The fraction of sp³-hybridized carbons (Fsp3) is 0.824. The average Bonchev–Trinajstić information content (AvgIpc) is 3.07. The maximum Gasteiger partial charge on any atom is 0.193 e. The van der Waals surface area contributed by atoms with Crippen molar-refractivity contribution < 1.29 is 4.74 Å². The molecular formula is C17H31IN4O. The molecule has 2 fully saturated rings. The van der Waals surface area contributed by atoms with Gasteiger partial charge in [-0.05, 0) is 31.6 Å². The van der Waals surface area contributed by atoms with Crippen LogP contribution in [0.2, 0.25) is 0 Å². The zero-order chi connectivity index (χ0) is 15.2. The van der Waals surface area contributed by atoms with E-state index in [4.69, 9.17) is 4.74 Å². The van der Waals surface area contributed by atoms with Crippen molar-refractivity contribution in [3.63, 3.8) is 0 Å². The van der Waals surface area contributed by atoms with Crippen LogP contribution < -0.4 is 5.32 Å². The number of halogens is 1. The van der Waals surface area contributed by atoms with Gasteiger partial charge >= 0.3 is 0 Å². The fourth-order valence-corrected chi connectivity index (χ4v) is 3.78. The van der Waals surface area contributed by atoms with E-state index in [1.54, 1.807) is 0 Å². The summed E-state index contributed by atoms with van der Waals surface area (Å²) >= 11 is 0. The highest BCUT2D eigenvalue weighted by Gasteiger charge is 2.30. The first kappa shape index (κ1) is 19.0. The lowest BCUT2D eigenvalue weighted by molar-refractivity contribution is 0.0195. The van der Waals surface area contributed by atoms with Crippen molar-refractivity contribution in [2.45, 2.75) is 31.7 Å². The number of likely N-dealkylation sites (tertiary alicyclic amines) is 1. The van der Waals surface area contributed by atoms with Crippen molar-refractivity contribution in [3.8, 4) is 0 Å². The lowest BCUT2D eigenvalue weighted by Crippen LogP contribution is -2.47. The standard InChI is InChI=1S/C17H30N4O.HI/c1-18-17(19-13-15-5-3-2-4-6-15)21-8-7-16(14-21)20-9-11-22-12-10-20;/h2-3,15-16H,4-14H2,1H3,(H,18,19);1H. The highest BCUT2D eigenvalue weighted by molar-refractivity contribution is 14.0. The molecule has 2 heterocycles. The van der Waals surface area contributed by atoms with Crippen LogP contribution in [0, 0.1) is 5.92 Å². The SMILES string of the molecule is CN=C(NCC1CC=CCC1)N1CCC(N2CCOCC2)C1.I. The molecule has 2 aliphatic heterocycles. The lowest BCUT2D eigenvalue weighted by Gasteiger charge is -2.32. The second kappa shape index (κ2) is 9.84. The Morgan fingerprint density at radius 2 is 2.04 bits per heavy atom. The maximum absolute atomic E-state index is 5.46. The van der Waals surface area contributed by atoms with Gasteiger partial charge in [0.1, 0.15) is 0 Å². The van der Waals surface area contributed by atoms with Crippen LogP contribution in [0.4, 0.5) is 0 Å². The minimum absolute atomic E-state index is 0. The van der Waals surface area contributed by atoms with Gasteiger partial charge in [-0.3, -0.25) is 9.89 Å². The molecule has 2 atom stereocenters. The van der Waals surface area contributed by atoms with E-state index in [1.807, 2.05) is 7.05 Å². The number of ether oxygens (including phenoxy) is 1. The molecule has 0 aromatic rings. The molecule has 2 saturated heterocycles. The Balaban J connectivity index is 0.00000192. The number of hydrogen-bond donors (Lipinski definition) is 1. The molecule has 6 heteroatoms. The van der Waals surface area contributed by atoms with Gasteiger partial charge < -0.3 is 15.0 Å². The molecule has 0 saturated carbocycles. The third kappa shape index (κ3) is 5.32. The van der Waals surface area contributed by atoms with Crippen LogP contribution in [0.15, 0.2) is 17.1 Å². The summed E-state index contributed by atoms with van der Waals surface area (Å²) in [7, 11) is 1.91. The summed E-state index contributed by atoms with van der Waals surface area (Å²) in [5.41, 5.74) is 0. The number of morpholine rings is 1. The third-order valence-corrected chi connectivity index (χ3v) is 5.16. The zero-order valence-corrected chi connectivity index (χ0v) is 16.6. The van der Waals surface area contributed by atoms with E-state index in [0.717, 1.165) is 57.8 Å². The minimum atomic E-state index is 0. The van der Waals surface area contributed by atoms with Gasteiger partial charge in [-0.1, -0.05) is 12.2 Å². The van der Waals surface area contributed by atoms with Crippen molar-refractivity contribution in [2.75, 3.05) is 53.0 Å². The van der Waals surface area contributed by atoms with Crippen molar-refractivity contribution in [2.24, 2.45) is 10.9 Å². The van der Waals surface area contributed by atoms with E-state index in [-0.39, 0.29) is 24.0 Å². The molecular weight excluding hydrogens is 403 g/mol. The Morgan fingerprint density at radius 3 is 2.74 bits per heavy atom. The second-order valence-electron chi connectivity index (χ2n) is 6.62. The van der Waals surface area contributed by atoms with Crippen molar-refractivity contribution in [1.29, 1.82) is 0 Å². The predicted octanol–water partition coefficient (Wildman–Crippen LogP) is 1.94. The molecule has 1 aliphatic carbocycles. The quantitative estimate of drug-likeness (QED) is 0.319. The smallest absolute Gasteiger partial charge is 0.193 e. The Bertz CT molecular complexity index is 409. The third-order valence-electron chi connectivity index (χ3n) is 5.16. The molecule has 132 valence electrons. The number of nitrogens with one attached hydrogen (secondary N) is 1. The van der Waals surface area contributed by atoms with Crippen LogP contribution in [0.5, 0.6) is 0 Å². The summed E-state index contributed by atoms with van der Waals surface area (Å²) < 4.78 is 5.46. The van der Waals surface area contributed by atoms with E-state index in [9.17, 15) is 0 Å². The summed E-state index contributed by atoms with van der Waals surface area (Å²) in [4.78, 5) is 9.52. The molecule has 3 rings (SSSR count). The molecule has 3 aliphatic rings. The predicted molar refractivity (Wildman–Crippen MR) is 106 cm³/mol. The molecule has 0 aromatic heterocycles. The first-order valence-corrected chi connectivity index (χ1v) is 8.79. The normalized spacial score (nSPS) is 29.4. The van der Waals surface area contributed by atoms with E-state index in [1.165, 1.54) is 25.7 Å². The number of aliphatic imine (C=N–C) groups is 1. The summed E-state index contributed by atoms with van der Waals surface area (Å²) in [5, 5.41) is 3.60. The summed E-state index contributed by atoms with van der Waals surface area (Å²) in [5.74, 6) is 1.85. The van der Waals surface area contributed by atoms with Gasteiger partial charge in [-0.25, -0.2) is 0 Å². The molecule has 0 bridgehead atoms. The van der Waals surface area contributed by atoms with Crippen LogP contribution >= 0.6 is 24.0 Å². The van der Waals surface area contributed by atoms with Crippen LogP contribution in [0.1, 0.15) is 25.7 Å². The van der Waals surface area contributed by atoms with Crippen molar-refractivity contribution in [1.82, 2.24) is 15.1 Å². The van der Waals surface area contributed by atoms with Gasteiger partial charge in [0.2, 0.25) is 0 Å². The molecule has 0 radical (unpaired) electrons. The van der Waals surface area contributed by atoms with Crippen LogP contribution in [-0.2, 0) is 4.74 Å². The first-order chi connectivity index (χ1) is 10.9. The topological polar surface area (TPSA) is 40.1 Å². The summed E-state index contributed by atoms with van der Waals surface area (Å²) in [6.45, 7) is 7.21. The van der Waals surface area contributed by atoms with Gasteiger partial charge in [-0.2, -0.15) is 0 Å². The monoisotopic (exact) mass is 434 g/mol. The fourth-order valence-electron chi connectivity index (χ4n) is 3.78. The molecule has 0 aromatic carbocycles. The molecule has 0 amide bonds. The Hall–Kier alpha value is -0.340. The van der Waals surface area contributed by atoms with Gasteiger partial charge in [0.15, 0.2) is 5.96 Å².